The molecule has 15 heavy (non-hydrogen) atoms. The van der Waals surface area contributed by atoms with Crippen LogP contribution in [-0.2, 0) is 21.2 Å². The molecule has 0 aliphatic carbocycles. The van der Waals surface area contributed by atoms with Gasteiger partial charge in [-0.1, -0.05) is 29.3 Å². The van der Waals surface area contributed by atoms with Gasteiger partial charge in [-0.3, -0.25) is 4.21 Å². The molecule has 1 aromatic carbocycles. The summed E-state index contributed by atoms with van der Waals surface area (Å²) >= 11 is -2.38. The monoisotopic (exact) mass is 249 g/mol. The summed E-state index contributed by atoms with van der Waals surface area (Å²) in [5.41, 5.74) is 0. The van der Waals surface area contributed by atoms with Gasteiger partial charge in [-0.15, -0.1) is 0 Å². The Kier molecular flexibility index (Phi) is 4.25. The van der Waals surface area contributed by atoms with Crippen molar-refractivity contribution in [3.05, 3.63) is 30.3 Å². The minimum absolute atomic E-state index is 0.175. The first-order valence-electron chi connectivity index (χ1n) is 4.03. The second-order valence-corrected chi connectivity index (χ2v) is 5.37. The Morgan fingerprint density at radius 2 is 1.87 bits per heavy atom. The summed E-state index contributed by atoms with van der Waals surface area (Å²) in [5.74, 6) is -0.832. The molecule has 1 rings (SSSR count). The van der Waals surface area contributed by atoms with Crippen molar-refractivity contribution in [1.82, 2.24) is 0 Å². The Morgan fingerprint density at radius 3 is 2.40 bits per heavy atom. The van der Waals surface area contributed by atoms with Gasteiger partial charge in [-0.05, 0) is 12.1 Å². The molecule has 1 atom stereocenters. The Morgan fingerprint density at radius 1 is 1.27 bits per heavy atom. The average Bonchev–Trinajstić information content (AvgIpc) is 2.16. The highest BCUT2D eigenvalue weighted by Gasteiger charge is 2.11. The van der Waals surface area contributed by atoms with Gasteiger partial charge in [0.1, 0.15) is 5.75 Å². The second kappa shape index (κ2) is 5.24. The zero-order valence-electron chi connectivity index (χ0n) is 7.66. The number of rotatable bonds is 5. The second-order valence-electron chi connectivity index (χ2n) is 2.67. The molecule has 0 bridgehead atoms. The molecule has 0 aromatic heterocycles. The summed E-state index contributed by atoms with van der Waals surface area (Å²) in [6, 6.07) is 7.91. The lowest BCUT2D eigenvalue weighted by Crippen LogP contribution is -2.18. The fraction of sp³-hybridized carbons (Fsp3) is 0.250. The van der Waals surface area contributed by atoms with E-state index in [4.69, 9.17) is 0 Å². The van der Waals surface area contributed by atoms with Crippen LogP contribution >= 0.6 is 0 Å². The molecule has 0 spiro atoms. The van der Waals surface area contributed by atoms with E-state index in [0.717, 1.165) is 0 Å². The van der Waals surface area contributed by atoms with Crippen LogP contribution in [0.25, 0.3) is 0 Å². The van der Waals surface area contributed by atoms with Crippen molar-refractivity contribution in [2.45, 2.75) is 0 Å². The molecule has 0 amide bonds. The quantitative estimate of drug-likeness (QED) is 0.552. The molecule has 0 radical (unpaired) electrons. The summed E-state index contributed by atoms with van der Waals surface area (Å²) in [4.78, 5) is 0. The Hall–Kier alpha value is -0.920. The summed E-state index contributed by atoms with van der Waals surface area (Å²) in [5, 5.41) is 0. The van der Waals surface area contributed by atoms with Crippen LogP contribution in [0.3, 0.4) is 0 Å². The maximum Gasteiger partial charge on any atom is 0.310 e. The van der Waals surface area contributed by atoms with Crippen molar-refractivity contribution in [3.63, 3.8) is 0 Å². The van der Waals surface area contributed by atoms with E-state index >= 15 is 0 Å². The zero-order valence-corrected chi connectivity index (χ0v) is 9.29. The van der Waals surface area contributed by atoms with Crippen LogP contribution in [0.1, 0.15) is 0 Å². The minimum atomic E-state index is -3.82. The highest BCUT2D eigenvalue weighted by molar-refractivity contribution is 7.88. The first-order valence-corrected chi connectivity index (χ1v) is 6.85. The fourth-order valence-corrected chi connectivity index (χ4v) is 2.68. The van der Waals surface area contributed by atoms with Crippen molar-refractivity contribution in [2.24, 2.45) is 0 Å². The molecule has 5 nitrogen and oxygen atoms in total. The topological polar surface area (TPSA) is 83.5 Å². The molecule has 0 saturated heterocycles. The molecule has 0 heterocycles. The maximum atomic E-state index is 11.2. The third-order valence-corrected chi connectivity index (χ3v) is 3.41. The van der Waals surface area contributed by atoms with E-state index < -0.39 is 32.7 Å². The summed E-state index contributed by atoms with van der Waals surface area (Å²) in [6.07, 6.45) is 0. The van der Waals surface area contributed by atoms with Gasteiger partial charge >= 0.3 is 10.1 Å². The Labute approximate surface area is 90.5 Å². The van der Waals surface area contributed by atoms with Crippen LogP contribution < -0.4 is 4.18 Å². The third kappa shape index (κ3) is 4.91. The number of para-hydroxylation sites is 1. The lowest BCUT2D eigenvalue weighted by molar-refractivity contribution is 0.485. The van der Waals surface area contributed by atoms with Crippen LogP contribution in [0.4, 0.5) is 0 Å². The molecular formula is C8H9O5S2-. The highest BCUT2D eigenvalue weighted by atomic mass is 32.2. The smallest absolute Gasteiger partial charge is 0.310 e. The normalized spacial score (nSPS) is 13.4. The molecule has 84 valence electrons. The predicted molar refractivity (Wildman–Crippen MR) is 54.6 cm³/mol. The van der Waals surface area contributed by atoms with Gasteiger partial charge in [0, 0.05) is 5.75 Å². The van der Waals surface area contributed by atoms with Crippen molar-refractivity contribution < 1.29 is 21.4 Å². The zero-order chi connectivity index (χ0) is 11.3. The summed E-state index contributed by atoms with van der Waals surface area (Å²) < 4.78 is 47.4. The van der Waals surface area contributed by atoms with Gasteiger partial charge in [0.25, 0.3) is 0 Å². The third-order valence-electron chi connectivity index (χ3n) is 1.47. The van der Waals surface area contributed by atoms with E-state index in [-0.39, 0.29) is 5.75 Å². The van der Waals surface area contributed by atoms with E-state index in [1.165, 1.54) is 12.1 Å². The van der Waals surface area contributed by atoms with E-state index in [1.54, 1.807) is 18.2 Å². The van der Waals surface area contributed by atoms with Gasteiger partial charge < -0.3 is 8.74 Å². The van der Waals surface area contributed by atoms with Crippen LogP contribution in [0.15, 0.2) is 30.3 Å². The minimum Gasteiger partial charge on any atom is -0.772 e. The van der Waals surface area contributed by atoms with Gasteiger partial charge in [-0.2, -0.15) is 8.42 Å². The molecule has 7 heteroatoms. The van der Waals surface area contributed by atoms with Crippen molar-refractivity contribution in [1.29, 1.82) is 0 Å². The molecule has 0 aliphatic rings. The number of benzene rings is 1. The molecule has 0 fully saturated rings. The predicted octanol–water partition coefficient (Wildman–Crippen LogP) is 0.274. The SMILES string of the molecule is O=S([O-])CCS(=O)(=O)Oc1ccccc1. The average molecular weight is 249 g/mol. The van der Waals surface area contributed by atoms with E-state index in [2.05, 4.69) is 4.18 Å². The van der Waals surface area contributed by atoms with E-state index in [0.29, 0.717) is 0 Å². The largest absolute Gasteiger partial charge is 0.772 e. The van der Waals surface area contributed by atoms with Crippen LogP contribution in [0, 0.1) is 0 Å². The molecule has 1 aromatic rings. The number of hydrogen-bond donors (Lipinski definition) is 0. The van der Waals surface area contributed by atoms with Crippen molar-refractivity contribution >= 4 is 21.2 Å². The molecule has 0 saturated carbocycles. The Balaban J connectivity index is 2.61. The molecule has 1 unspecified atom stereocenters. The van der Waals surface area contributed by atoms with Crippen molar-refractivity contribution in [2.75, 3.05) is 11.5 Å². The van der Waals surface area contributed by atoms with Crippen LogP contribution in [0.5, 0.6) is 5.75 Å². The van der Waals surface area contributed by atoms with E-state index in [1.807, 2.05) is 0 Å². The van der Waals surface area contributed by atoms with Gasteiger partial charge in [0.05, 0.1) is 5.75 Å². The van der Waals surface area contributed by atoms with Crippen molar-refractivity contribution in [3.8, 4) is 5.75 Å². The highest BCUT2D eigenvalue weighted by Crippen LogP contribution is 2.11. The van der Waals surface area contributed by atoms with Crippen LogP contribution in [0.2, 0.25) is 0 Å². The molecular weight excluding hydrogens is 240 g/mol. The summed E-state index contributed by atoms with van der Waals surface area (Å²) in [6.45, 7) is 0. The maximum absolute atomic E-state index is 11.2. The van der Waals surface area contributed by atoms with Crippen LogP contribution in [-0.4, -0.2) is 28.7 Å². The standard InChI is InChI=1S/C8H10O5S2/c9-14(10)6-7-15(11,12)13-8-4-2-1-3-5-8/h1-5H,6-7H2,(H,9,10)/p-1. The Bertz CT molecular complexity index is 426. The fourth-order valence-electron chi connectivity index (χ4n) is 0.834. The van der Waals surface area contributed by atoms with Gasteiger partial charge in [0.15, 0.2) is 0 Å². The first-order chi connectivity index (χ1) is 6.99. The first kappa shape index (κ1) is 12.2. The lowest BCUT2D eigenvalue weighted by Gasteiger charge is -2.07. The summed E-state index contributed by atoms with van der Waals surface area (Å²) in [7, 11) is -3.82. The number of hydrogen-bond acceptors (Lipinski definition) is 5. The van der Waals surface area contributed by atoms with Gasteiger partial charge in [0.2, 0.25) is 0 Å². The lowest BCUT2D eigenvalue weighted by atomic mass is 10.3. The molecule has 0 N–H and O–H groups in total. The molecule has 0 aliphatic heterocycles. The van der Waals surface area contributed by atoms with E-state index in [9.17, 15) is 17.2 Å². The van der Waals surface area contributed by atoms with Gasteiger partial charge in [-0.25, -0.2) is 0 Å².